The molecule has 3 nitrogen and oxygen atoms in total. The van der Waals surface area contributed by atoms with Crippen LogP contribution in [0.4, 0.5) is 0 Å². The topological polar surface area (TPSA) is 45.8 Å². The number of hydrogen-bond donors (Lipinski definition) is 0. The molecule has 78 valence electrons. The van der Waals surface area contributed by atoms with Gasteiger partial charge in [-0.15, -0.1) is 0 Å². The highest BCUT2D eigenvalue weighted by atomic mass is 16.1. The van der Waals surface area contributed by atoms with Crippen molar-refractivity contribution in [3.8, 4) is 6.07 Å². The number of carbonyl (C=O) groups excluding carboxylic acids is 1. The monoisotopic (exact) mass is 202 g/mol. The molecular formula is C12H14N2O. The van der Waals surface area contributed by atoms with E-state index in [1.807, 2.05) is 23.9 Å². The van der Waals surface area contributed by atoms with Gasteiger partial charge in [-0.25, -0.2) is 0 Å². The van der Waals surface area contributed by atoms with Crippen LogP contribution in [0.25, 0.3) is 0 Å². The minimum Gasteiger partial charge on any atom is -0.342 e. The number of carbonyl (C=O) groups is 1. The minimum atomic E-state index is 0.377. The lowest BCUT2D eigenvalue weighted by atomic mass is 9.84. The van der Waals surface area contributed by atoms with E-state index in [4.69, 9.17) is 5.26 Å². The fraction of sp³-hybridized carbons (Fsp3) is 0.500. The van der Waals surface area contributed by atoms with Crippen molar-refractivity contribution in [1.29, 1.82) is 5.26 Å². The van der Waals surface area contributed by atoms with Crippen molar-refractivity contribution >= 4 is 5.78 Å². The van der Waals surface area contributed by atoms with Gasteiger partial charge in [0.25, 0.3) is 0 Å². The number of nitriles is 1. The molecule has 1 aromatic rings. The highest BCUT2D eigenvalue weighted by Gasteiger charge is 2.21. The maximum absolute atomic E-state index is 11.1. The summed E-state index contributed by atoms with van der Waals surface area (Å²) >= 11 is 0. The number of nitrogens with zero attached hydrogens (tertiary/aromatic N) is 2. The Bertz CT molecular complexity index is 415. The minimum absolute atomic E-state index is 0.377. The smallest absolute Gasteiger partial charge is 0.132 e. The Morgan fingerprint density at radius 3 is 2.67 bits per heavy atom. The highest BCUT2D eigenvalue weighted by molar-refractivity contribution is 5.79. The van der Waals surface area contributed by atoms with E-state index in [1.54, 1.807) is 0 Å². The maximum atomic E-state index is 11.1. The summed E-state index contributed by atoms with van der Waals surface area (Å²) in [6, 6.07) is 4.10. The molecule has 1 heterocycles. The summed E-state index contributed by atoms with van der Waals surface area (Å²) in [5, 5.41) is 8.85. The summed E-state index contributed by atoms with van der Waals surface area (Å²) in [6.07, 6.45) is 5.28. The van der Waals surface area contributed by atoms with Crippen LogP contribution >= 0.6 is 0 Å². The van der Waals surface area contributed by atoms with E-state index in [0.29, 0.717) is 30.2 Å². The third-order valence-corrected chi connectivity index (χ3v) is 3.16. The quantitative estimate of drug-likeness (QED) is 0.700. The van der Waals surface area contributed by atoms with Crippen LogP contribution in [0.15, 0.2) is 12.3 Å². The summed E-state index contributed by atoms with van der Waals surface area (Å²) in [6.45, 7) is 0. The zero-order valence-electron chi connectivity index (χ0n) is 8.86. The SMILES string of the molecule is Cn1cc(C2CCC(=O)CC2)cc1C#N. The number of hydrogen-bond acceptors (Lipinski definition) is 2. The van der Waals surface area contributed by atoms with Crippen LogP contribution in [0.1, 0.15) is 42.9 Å². The Morgan fingerprint density at radius 1 is 1.47 bits per heavy atom. The molecule has 1 saturated carbocycles. The molecule has 15 heavy (non-hydrogen) atoms. The Kier molecular flexibility index (Phi) is 2.59. The number of aromatic nitrogens is 1. The van der Waals surface area contributed by atoms with Gasteiger partial charge in [0.05, 0.1) is 0 Å². The van der Waals surface area contributed by atoms with Crippen LogP contribution in [-0.2, 0) is 11.8 Å². The van der Waals surface area contributed by atoms with Crippen molar-refractivity contribution in [2.24, 2.45) is 7.05 Å². The fourth-order valence-electron chi connectivity index (χ4n) is 2.20. The molecule has 0 spiro atoms. The summed E-state index contributed by atoms with van der Waals surface area (Å²) in [5.41, 5.74) is 1.91. The number of rotatable bonds is 1. The van der Waals surface area contributed by atoms with Crippen LogP contribution < -0.4 is 0 Å². The van der Waals surface area contributed by atoms with E-state index in [2.05, 4.69) is 6.07 Å². The van der Waals surface area contributed by atoms with Gasteiger partial charge in [-0.3, -0.25) is 4.79 Å². The van der Waals surface area contributed by atoms with E-state index >= 15 is 0 Å². The van der Waals surface area contributed by atoms with Crippen LogP contribution in [0, 0.1) is 11.3 Å². The third kappa shape index (κ3) is 1.94. The zero-order valence-corrected chi connectivity index (χ0v) is 8.86. The van der Waals surface area contributed by atoms with E-state index < -0.39 is 0 Å². The Labute approximate surface area is 89.3 Å². The molecule has 0 saturated heterocycles. The molecule has 0 atom stereocenters. The molecule has 2 rings (SSSR count). The molecule has 0 bridgehead atoms. The predicted octanol–water partition coefficient (Wildman–Crippen LogP) is 2.12. The van der Waals surface area contributed by atoms with Gasteiger partial charge in [-0.05, 0) is 30.4 Å². The first-order valence-corrected chi connectivity index (χ1v) is 5.29. The van der Waals surface area contributed by atoms with Crippen LogP contribution in [0.5, 0.6) is 0 Å². The first kappa shape index (κ1) is 9.97. The number of ketones is 1. The molecule has 0 N–H and O–H groups in total. The van der Waals surface area contributed by atoms with Crippen molar-refractivity contribution in [2.75, 3.05) is 0 Å². The van der Waals surface area contributed by atoms with Gasteiger partial charge < -0.3 is 4.57 Å². The highest BCUT2D eigenvalue weighted by Crippen LogP contribution is 2.31. The lowest BCUT2D eigenvalue weighted by Gasteiger charge is -2.19. The Balaban J connectivity index is 2.16. The first-order valence-electron chi connectivity index (χ1n) is 5.29. The summed E-state index contributed by atoms with van der Waals surface area (Å²) in [4.78, 5) is 11.1. The second kappa shape index (κ2) is 3.90. The van der Waals surface area contributed by atoms with Gasteiger partial charge in [0.1, 0.15) is 17.5 Å². The van der Waals surface area contributed by atoms with Gasteiger partial charge in [-0.2, -0.15) is 5.26 Å². The van der Waals surface area contributed by atoms with Gasteiger partial charge in [0.15, 0.2) is 0 Å². The molecule has 0 amide bonds. The normalized spacial score (nSPS) is 17.7. The Hall–Kier alpha value is -1.56. The second-order valence-electron chi connectivity index (χ2n) is 4.19. The van der Waals surface area contributed by atoms with Crippen molar-refractivity contribution in [2.45, 2.75) is 31.6 Å². The molecule has 0 unspecified atom stereocenters. The molecule has 1 fully saturated rings. The van der Waals surface area contributed by atoms with Crippen LogP contribution in [0.2, 0.25) is 0 Å². The molecule has 0 aromatic carbocycles. The van der Waals surface area contributed by atoms with Gasteiger partial charge in [-0.1, -0.05) is 0 Å². The van der Waals surface area contributed by atoms with E-state index in [1.165, 1.54) is 5.56 Å². The van der Waals surface area contributed by atoms with Crippen molar-refractivity contribution in [1.82, 2.24) is 4.57 Å². The lowest BCUT2D eigenvalue weighted by Crippen LogP contribution is -2.11. The summed E-state index contributed by atoms with van der Waals surface area (Å²) in [5.74, 6) is 0.846. The molecule has 1 aliphatic carbocycles. The summed E-state index contributed by atoms with van der Waals surface area (Å²) < 4.78 is 1.85. The number of Topliss-reactive ketones (excluding diaryl/α,β-unsaturated/α-hetero) is 1. The molecule has 1 aliphatic rings. The summed E-state index contributed by atoms with van der Waals surface area (Å²) in [7, 11) is 1.88. The largest absolute Gasteiger partial charge is 0.342 e. The predicted molar refractivity (Wildman–Crippen MR) is 56.3 cm³/mol. The van der Waals surface area contributed by atoms with Gasteiger partial charge in [0.2, 0.25) is 0 Å². The Morgan fingerprint density at radius 2 is 2.13 bits per heavy atom. The van der Waals surface area contributed by atoms with Crippen molar-refractivity contribution in [3.63, 3.8) is 0 Å². The van der Waals surface area contributed by atoms with E-state index in [9.17, 15) is 4.79 Å². The maximum Gasteiger partial charge on any atom is 0.132 e. The standard InChI is InChI=1S/C12H14N2O/c1-14-8-10(6-11(14)7-13)9-2-4-12(15)5-3-9/h6,8-9H,2-5H2,1H3. The molecular weight excluding hydrogens is 188 g/mol. The average Bonchev–Trinajstić information content (AvgIpc) is 2.61. The average molecular weight is 202 g/mol. The van der Waals surface area contributed by atoms with Crippen molar-refractivity contribution in [3.05, 3.63) is 23.5 Å². The first-order chi connectivity index (χ1) is 7.20. The third-order valence-electron chi connectivity index (χ3n) is 3.16. The van der Waals surface area contributed by atoms with Crippen molar-refractivity contribution < 1.29 is 4.79 Å². The van der Waals surface area contributed by atoms with Gasteiger partial charge >= 0.3 is 0 Å². The van der Waals surface area contributed by atoms with Crippen LogP contribution in [-0.4, -0.2) is 10.4 Å². The van der Waals surface area contributed by atoms with Crippen LogP contribution in [0.3, 0.4) is 0 Å². The number of aryl methyl sites for hydroxylation is 1. The van der Waals surface area contributed by atoms with E-state index in [-0.39, 0.29) is 0 Å². The lowest BCUT2D eigenvalue weighted by molar-refractivity contribution is -0.120. The second-order valence-corrected chi connectivity index (χ2v) is 4.19. The molecule has 1 aromatic heterocycles. The van der Waals surface area contributed by atoms with E-state index in [0.717, 1.165) is 12.8 Å². The molecule has 0 aliphatic heterocycles. The molecule has 0 radical (unpaired) electrons. The fourth-order valence-corrected chi connectivity index (χ4v) is 2.20. The van der Waals surface area contributed by atoms with Gasteiger partial charge in [0, 0.05) is 26.1 Å². The molecule has 3 heteroatoms. The zero-order chi connectivity index (χ0) is 10.8.